The molecule has 0 amide bonds. The predicted molar refractivity (Wildman–Crippen MR) is 60.5 cm³/mol. The summed E-state index contributed by atoms with van der Waals surface area (Å²) in [6.45, 7) is 5.06. The molecule has 0 bridgehead atoms. The van der Waals surface area contributed by atoms with Crippen molar-refractivity contribution in [3.05, 3.63) is 18.4 Å². The summed E-state index contributed by atoms with van der Waals surface area (Å²) >= 11 is 0. The van der Waals surface area contributed by atoms with Crippen LogP contribution in [0.4, 0.5) is 0 Å². The second kappa shape index (κ2) is 5.77. The Morgan fingerprint density at radius 1 is 1.27 bits per heavy atom. The van der Waals surface area contributed by atoms with Crippen LogP contribution >= 0.6 is 0 Å². The number of carbonyl (C=O) groups excluding carboxylic acids is 1. The van der Waals surface area contributed by atoms with E-state index in [0.29, 0.717) is 0 Å². The van der Waals surface area contributed by atoms with Crippen LogP contribution in [0.25, 0.3) is 0 Å². The van der Waals surface area contributed by atoms with Crippen LogP contribution in [-0.2, 0) is 9.53 Å². The van der Waals surface area contributed by atoms with Crippen molar-refractivity contribution in [2.75, 3.05) is 0 Å². The Kier molecular flexibility index (Phi) is 4.64. The molecule has 0 spiro atoms. The smallest absolute Gasteiger partial charge is 0.303 e. The van der Waals surface area contributed by atoms with Crippen molar-refractivity contribution >= 4 is 5.97 Å². The molecule has 15 heavy (non-hydrogen) atoms. The number of hydrogen-bond acceptors (Lipinski definition) is 2. The Morgan fingerprint density at radius 2 is 1.80 bits per heavy atom. The Morgan fingerprint density at radius 3 is 2.27 bits per heavy atom. The molecule has 0 aliphatic heterocycles. The summed E-state index contributed by atoms with van der Waals surface area (Å²) in [6, 6.07) is 0. The highest BCUT2D eigenvalue weighted by Crippen LogP contribution is 2.30. The predicted octanol–water partition coefficient (Wildman–Crippen LogP) is 3.37. The number of hydrogen-bond donors (Lipinski definition) is 0. The molecular weight excluding hydrogens is 188 g/mol. The Hall–Kier alpha value is -1.01. The van der Waals surface area contributed by atoms with Gasteiger partial charge in [-0.05, 0) is 25.7 Å². The molecule has 1 saturated carbocycles. The number of rotatable bonds is 2. The van der Waals surface area contributed by atoms with Crippen LogP contribution in [0.3, 0.4) is 0 Å². The Bertz CT molecular complexity index is 254. The van der Waals surface area contributed by atoms with Gasteiger partial charge >= 0.3 is 5.97 Å². The van der Waals surface area contributed by atoms with Crippen molar-refractivity contribution < 1.29 is 9.53 Å². The molecule has 0 atom stereocenters. The molecule has 0 aromatic carbocycles. The van der Waals surface area contributed by atoms with Crippen LogP contribution in [0.1, 0.15) is 51.9 Å². The SMILES string of the molecule is C=C=CC1(OC(C)=O)CCCCCCC1. The summed E-state index contributed by atoms with van der Waals surface area (Å²) in [6.07, 6.45) is 9.65. The topological polar surface area (TPSA) is 26.3 Å². The monoisotopic (exact) mass is 208 g/mol. The molecule has 0 heterocycles. The molecule has 0 saturated heterocycles. The minimum Gasteiger partial charge on any atom is -0.454 e. The van der Waals surface area contributed by atoms with Gasteiger partial charge in [-0.2, -0.15) is 0 Å². The first-order valence-corrected chi connectivity index (χ1v) is 5.75. The van der Waals surface area contributed by atoms with Crippen molar-refractivity contribution in [3.63, 3.8) is 0 Å². The van der Waals surface area contributed by atoms with E-state index in [-0.39, 0.29) is 5.97 Å². The zero-order valence-electron chi connectivity index (χ0n) is 9.55. The van der Waals surface area contributed by atoms with E-state index < -0.39 is 5.60 Å². The lowest BCUT2D eigenvalue weighted by atomic mass is 9.86. The first-order valence-electron chi connectivity index (χ1n) is 5.75. The molecule has 84 valence electrons. The highest BCUT2D eigenvalue weighted by Gasteiger charge is 2.30. The summed E-state index contributed by atoms with van der Waals surface area (Å²) in [7, 11) is 0. The maximum Gasteiger partial charge on any atom is 0.303 e. The van der Waals surface area contributed by atoms with E-state index in [1.807, 2.05) is 6.08 Å². The average molecular weight is 208 g/mol. The van der Waals surface area contributed by atoms with Crippen molar-refractivity contribution in [2.24, 2.45) is 0 Å². The zero-order valence-corrected chi connectivity index (χ0v) is 9.55. The normalized spacial score (nSPS) is 20.6. The van der Waals surface area contributed by atoms with E-state index in [9.17, 15) is 4.79 Å². The molecular formula is C13H20O2. The van der Waals surface area contributed by atoms with Gasteiger partial charge in [0.2, 0.25) is 0 Å². The van der Waals surface area contributed by atoms with Crippen molar-refractivity contribution in [2.45, 2.75) is 57.5 Å². The molecule has 0 radical (unpaired) electrons. The van der Waals surface area contributed by atoms with Crippen molar-refractivity contribution in [1.29, 1.82) is 0 Å². The highest BCUT2D eigenvalue weighted by molar-refractivity contribution is 5.66. The van der Waals surface area contributed by atoms with E-state index in [1.54, 1.807) is 0 Å². The Balaban J connectivity index is 2.74. The summed E-state index contributed by atoms with van der Waals surface area (Å²) in [4.78, 5) is 11.1. The second-order valence-electron chi connectivity index (χ2n) is 4.27. The van der Waals surface area contributed by atoms with Crippen LogP contribution in [-0.4, -0.2) is 11.6 Å². The summed E-state index contributed by atoms with van der Waals surface area (Å²) in [5.41, 5.74) is 2.36. The van der Waals surface area contributed by atoms with Gasteiger partial charge in [0.25, 0.3) is 0 Å². The molecule has 0 aromatic heterocycles. The van der Waals surface area contributed by atoms with E-state index in [4.69, 9.17) is 4.74 Å². The fourth-order valence-electron chi connectivity index (χ4n) is 2.25. The Labute approximate surface area is 92.0 Å². The fourth-order valence-corrected chi connectivity index (χ4v) is 2.25. The molecule has 1 aliphatic rings. The van der Waals surface area contributed by atoms with Crippen LogP contribution in [0.5, 0.6) is 0 Å². The van der Waals surface area contributed by atoms with Crippen LogP contribution in [0.2, 0.25) is 0 Å². The van der Waals surface area contributed by atoms with Gasteiger partial charge < -0.3 is 4.74 Å². The third kappa shape index (κ3) is 3.93. The summed E-state index contributed by atoms with van der Waals surface area (Å²) < 4.78 is 5.46. The quantitative estimate of drug-likeness (QED) is 0.513. The molecule has 2 nitrogen and oxygen atoms in total. The van der Waals surface area contributed by atoms with Gasteiger partial charge in [-0.25, -0.2) is 0 Å². The first kappa shape index (κ1) is 12.1. The minimum absolute atomic E-state index is 0.206. The number of esters is 1. The molecule has 0 aromatic rings. The second-order valence-corrected chi connectivity index (χ2v) is 4.27. The van der Waals surface area contributed by atoms with Gasteiger partial charge in [-0.1, -0.05) is 25.8 Å². The van der Waals surface area contributed by atoms with Gasteiger partial charge in [-0.3, -0.25) is 4.79 Å². The number of carbonyl (C=O) groups is 1. The molecule has 1 fully saturated rings. The third-order valence-electron chi connectivity index (χ3n) is 2.91. The van der Waals surface area contributed by atoms with Gasteiger partial charge in [0.1, 0.15) is 5.60 Å². The molecule has 0 N–H and O–H groups in total. The van der Waals surface area contributed by atoms with E-state index in [1.165, 1.54) is 26.2 Å². The highest BCUT2D eigenvalue weighted by atomic mass is 16.6. The molecule has 0 unspecified atom stereocenters. The van der Waals surface area contributed by atoms with E-state index in [0.717, 1.165) is 25.7 Å². The van der Waals surface area contributed by atoms with Gasteiger partial charge in [0.15, 0.2) is 0 Å². The lowest BCUT2D eigenvalue weighted by molar-refractivity contribution is -0.154. The van der Waals surface area contributed by atoms with Crippen molar-refractivity contribution in [1.82, 2.24) is 0 Å². The lowest BCUT2D eigenvalue weighted by Gasteiger charge is -2.31. The third-order valence-corrected chi connectivity index (χ3v) is 2.91. The largest absolute Gasteiger partial charge is 0.454 e. The summed E-state index contributed by atoms with van der Waals surface area (Å²) in [5, 5.41) is 0. The molecule has 1 aliphatic carbocycles. The van der Waals surface area contributed by atoms with E-state index in [2.05, 4.69) is 12.3 Å². The fraction of sp³-hybridized carbons (Fsp3) is 0.692. The maximum atomic E-state index is 11.1. The molecule has 1 rings (SSSR count). The van der Waals surface area contributed by atoms with Crippen LogP contribution < -0.4 is 0 Å². The minimum atomic E-state index is -0.423. The van der Waals surface area contributed by atoms with Crippen LogP contribution in [0.15, 0.2) is 18.4 Å². The zero-order chi connectivity index (χ0) is 11.1. The lowest BCUT2D eigenvalue weighted by Crippen LogP contribution is -2.32. The maximum absolute atomic E-state index is 11.1. The van der Waals surface area contributed by atoms with Gasteiger partial charge in [0.05, 0.1) is 0 Å². The van der Waals surface area contributed by atoms with Crippen LogP contribution in [0, 0.1) is 0 Å². The summed E-state index contributed by atoms with van der Waals surface area (Å²) in [5.74, 6) is -0.206. The van der Waals surface area contributed by atoms with Gasteiger partial charge in [0, 0.05) is 13.0 Å². The van der Waals surface area contributed by atoms with Gasteiger partial charge in [-0.15, -0.1) is 5.73 Å². The molecule has 2 heteroatoms. The van der Waals surface area contributed by atoms with Crippen molar-refractivity contribution in [3.8, 4) is 0 Å². The average Bonchev–Trinajstić information content (AvgIpc) is 2.11. The standard InChI is InChI=1S/C13H20O2/c1-3-9-13(15-12(2)14)10-7-5-4-6-8-11-13/h9H,1,4-8,10-11H2,2H3. The first-order chi connectivity index (χ1) is 7.18. The van der Waals surface area contributed by atoms with E-state index >= 15 is 0 Å². The number of ether oxygens (including phenoxy) is 1.